The number of amides is 1. The average molecular weight is 357 g/mol. The van der Waals surface area contributed by atoms with Gasteiger partial charge in [0.2, 0.25) is 0 Å². The van der Waals surface area contributed by atoms with Crippen molar-refractivity contribution in [2.24, 2.45) is 12.0 Å². The minimum Gasteiger partial charge on any atom is -0.319 e. The van der Waals surface area contributed by atoms with Gasteiger partial charge in [-0.05, 0) is 61.1 Å². The number of rotatable bonds is 3. The van der Waals surface area contributed by atoms with E-state index in [0.717, 1.165) is 20.6 Å². The van der Waals surface area contributed by atoms with Crippen molar-refractivity contribution in [2.45, 2.75) is 25.2 Å². The zero-order chi connectivity index (χ0) is 17.3. The first kappa shape index (κ1) is 17.0. The maximum absolute atomic E-state index is 12.3. The minimum atomic E-state index is -0.109. The number of benzene rings is 2. The highest BCUT2D eigenvalue weighted by atomic mass is 32.2. The molecule has 0 aliphatic rings. The smallest absolute Gasteiger partial charge is 0.252 e. The molecule has 0 N–H and O–H groups in total. The first-order valence-electron chi connectivity index (χ1n) is 7.75. The lowest BCUT2D eigenvalue weighted by molar-refractivity contribution is -0.117. The molecule has 24 heavy (non-hydrogen) atoms. The van der Waals surface area contributed by atoms with Crippen molar-refractivity contribution in [3.05, 3.63) is 57.9 Å². The summed E-state index contributed by atoms with van der Waals surface area (Å²) in [5, 5.41) is 0. The molecule has 0 aliphatic carbocycles. The summed E-state index contributed by atoms with van der Waals surface area (Å²) in [6.07, 6.45) is 2.38. The van der Waals surface area contributed by atoms with E-state index in [9.17, 15) is 4.79 Å². The maximum atomic E-state index is 12.3. The molecule has 0 aliphatic heterocycles. The Morgan fingerprint density at radius 3 is 2.50 bits per heavy atom. The van der Waals surface area contributed by atoms with E-state index >= 15 is 0 Å². The third-order valence-electron chi connectivity index (χ3n) is 4.16. The lowest BCUT2D eigenvalue weighted by atomic mass is 10.1. The van der Waals surface area contributed by atoms with Gasteiger partial charge in [0.1, 0.15) is 0 Å². The van der Waals surface area contributed by atoms with Crippen LogP contribution in [0.25, 0.3) is 10.2 Å². The Kier molecular flexibility index (Phi) is 4.92. The van der Waals surface area contributed by atoms with E-state index in [-0.39, 0.29) is 5.91 Å². The number of carbonyl (C=O) groups is 1. The standard InChI is InChI=1S/C19H20N2OS2/c1-12-9-16-17(10-13(12)2)24-19(21(16)3)20-18(22)11-14-5-7-15(23-4)8-6-14/h5-10H,11H2,1-4H3. The molecular formula is C19H20N2OS2. The molecule has 0 spiro atoms. The summed E-state index contributed by atoms with van der Waals surface area (Å²) in [6.45, 7) is 4.21. The highest BCUT2D eigenvalue weighted by Crippen LogP contribution is 2.21. The molecule has 3 nitrogen and oxygen atoms in total. The SMILES string of the molecule is CSc1ccc(CC(=O)N=c2sc3cc(C)c(C)cc3n2C)cc1. The molecule has 1 heterocycles. The molecule has 0 atom stereocenters. The second-order valence-electron chi connectivity index (χ2n) is 5.88. The summed E-state index contributed by atoms with van der Waals surface area (Å²) in [5.41, 5.74) is 4.63. The van der Waals surface area contributed by atoms with Crippen molar-refractivity contribution >= 4 is 39.2 Å². The summed E-state index contributed by atoms with van der Waals surface area (Å²) >= 11 is 3.26. The first-order chi connectivity index (χ1) is 11.5. The number of thioether (sulfide) groups is 1. The van der Waals surface area contributed by atoms with Crippen LogP contribution >= 0.6 is 23.1 Å². The monoisotopic (exact) mass is 356 g/mol. The average Bonchev–Trinajstić information content (AvgIpc) is 2.84. The minimum absolute atomic E-state index is 0.109. The van der Waals surface area contributed by atoms with Crippen LogP contribution in [0.1, 0.15) is 16.7 Å². The molecule has 0 bridgehead atoms. The molecule has 2 aromatic carbocycles. The van der Waals surface area contributed by atoms with E-state index in [1.165, 1.54) is 16.0 Å². The molecule has 1 amide bonds. The molecule has 0 saturated carbocycles. The molecular weight excluding hydrogens is 336 g/mol. The molecule has 5 heteroatoms. The van der Waals surface area contributed by atoms with Crippen molar-refractivity contribution in [1.29, 1.82) is 0 Å². The van der Waals surface area contributed by atoms with Gasteiger partial charge in [0.15, 0.2) is 4.80 Å². The molecule has 0 radical (unpaired) electrons. The largest absolute Gasteiger partial charge is 0.319 e. The Morgan fingerprint density at radius 2 is 1.83 bits per heavy atom. The molecule has 124 valence electrons. The number of nitrogens with zero attached hydrogens (tertiary/aromatic N) is 2. The second-order valence-corrected chi connectivity index (χ2v) is 7.77. The van der Waals surface area contributed by atoms with E-state index in [4.69, 9.17) is 0 Å². The van der Waals surface area contributed by atoms with Crippen molar-refractivity contribution in [2.75, 3.05) is 6.26 Å². The first-order valence-corrected chi connectivity index (χ1v) is 9.79. The summed E-state index contributed by atoms with van der Waals surface area (Å²) in [6, 6.07) is 12.4. The fourth-order valence-electron chi connectivity index (χ4n) is 2.55. The third-order valence-corrected chi connectivity index (χ3v) is 6.00. The van der Waals surface area contributed by atoms with Gasteiger partial charge in [-0.3, -0.25) is 4.79 Å². The summed E-state index contributed by atoms with van der Waals surface area (Å²) in [5.74, 6) is -0.109. The van der Waals surface area contributed by atoms with Gasteiger partial charge in [-0.1, -0.05) is 23.5 Å². The van der Waals surface area contributed by atoms with Crippen LogP contribution < -0.4 is 4.80 Å². The van der Waals surface area contributed by atoms with Gasteiger partial charge in [-0.15, -0.1) is 11.8 Å². The fraction of sp³-hybridized carbons (Fsp3) is 0.263. The topological polar surface area (TPSA) is 34.4 Å². The quantitative estimate of drug-likeness (QED) is 0.658. The Morgan fingerprint density at radius 1 is 1.17 bits per heavy atom. The lowest BCUT2D eigenvalue weighted by Crippen LogP contribution is -2.14. The third kappa shape index (κ3) is 3.47. The number of thiazole rings is 1. The van der Waals surface area contributed by atoms with Gasteiger partial charge in [-0.2, -0.15) is 4.99 Å². The van der Waals surface area contributed by atoms with Crippen LogP contribution in [0.2, 0.25) is 0 Å². The van der Waals surface area contributed by atoms with Gasteiger partial charge in [-0.25, -0.2) is 0 Å². The van der Waals surface area contributed by atoms with Crippen LogP contribution in [0.5, 0.6) is 0 Å². The fourth-order valence-corrected chi connectivity index (χ4v) is 4.07. The Hall–Kier alpha value is -1.85. The van der Waals surface area contributed by atoms with Crippen LogP contribution in [0.3, 0.4) is 0 Å². The predicted molar refractivity (Wildman–Crippen MR) is 103 cm³/mol. The molecule has 3 aromatic rings. The Labute approximate surface area is 150 Å². The zero-order valence-corrected chi connectivity index (χ0v) is 15.9. The van der Waals surface area contributed by atoms with Crippen LogP contribution in [0.4, 0.5) is 0 Å². The van der Waals surface area contributed by atoms with E-state index in [1.807, 2.05) is 42.1 Å². The Balaban J connectivity index is 1.91. The summed E-state index contributed by atoms with van der Waals surface area (Å²) < 4.78 is 3.16. The normalized spacial score (nSPS) is 12.1. The van der Waals surface area contributed by atoms with Crippen molar-refractivity contribution < 1.29 is 4.79 Å². The molecule has 0 unspecified atom stereocenters. The number of aryl methyl sites for hydroxylation is 3. The molecule has 1 aromatic heterocycles. The van der Waals surface area contributed by atoms with Gasteiger partial charge >= 0.3 is 0 Å². The van der Waals surface area contributed by atoms with Gasteiger partial charge in [0.25, 0.3) is 5.91 Å². The number of fused-ring (bicyclic) bond motifs is 1. The van der Waals surface area contributed by atoms with E-state index in [1.54, 1.807) is 23.1 Å². The van der Waals surface area contributed by atoms with Gasteiger partial charge in [0.05, 0.1) is 16.6 Å². The van der Waals surface area contributed by atoms with Crippen LogP contribution in [-0.2, 0) is 18.3 Å². The van der Waals surface area contributed by atoms with E-state index in [0.29, 0.717) is 6.42 Å². The van der Waals surface area contributed by atoms with Crippen LogP contribution in [0, 0.1) is 13.8 Å². The zero-order valence-electron chi connectivity index (χ0n) is 14.3. The molecule has 0 fully saturated rings. The van der Waals surface area contributed by atoms with Gasteiger partial charge in [0, 0.05) is 11.9 Å². The summed E-state index contributed by atoms with van der Waals surface area (Å²) in [4.78, 5) is 18.6. The van der Waals surface area contributed by atoms with Crippen LogP contribution in [0.15, 0.2) is 46.3 Å². The predicted octanol–water partition coefficient (Wildman–Crippen LogP) is 4.25. The van der Waals surface area contributed by atoms with E-state index < -0.39 is 0 Å². The second kappa shape index (κ2) is 6.95. The van der Waals surface area contributed by atoms with Crippen molar-refractivity contribution in [3.63, 3.8) is 0 Å². The molecule has 3 rings (SSSR count). The number of hydrogen-bond donors (Lipinski definition) is 0. The Bertz CT molecular complexity index is 965. The van der Waals surface area contributed by atoms with Crippen molar-refractivity contribution in [3.8, 4) is 0 Å². The lowest BCUT2D eigenvalue weighted by Gasteiger charge is -2.01. The maximum Gasteiger partial charge on any atom is 0.252 e. The number of carbonyl (C=O) groups excluding carboxylic acids is 1. The van der Waals surface area contributed by atoms with Crippen LogP contribution in [-0.4, -0.2) is 16.7 Å². The molecule has 0 saturated heterocycles. The van der Waals surface area contributed by atoms with Gasteiger partial charge < -0.3 is 4.57 Å². The van der Waals surface area contributed by atoms with E-state index in [2.05, 4.69) is 31.0 Å². The highest BCUT2D eigenvalue weighted by Gasteiger charge is 2.07. The highest BCUT2D eigenvalue weighted by molar-refractivity contribution is 7.98. The van der Waals surface area contributed by atoms with Crippen molar-refractivity contribution in [1.82, 2.24) is 4.57 Å². The summed E-state index contributed by atoms with van der Waals surface area (Å²) in [7, 11) is 1.97. The number of aromatic nitrogens is 1. The number of hydrogen-bond acceptors (Lipinski definition) is 3.